The van der Waals surface area contributed by atoms with Crippen molar-refractivity contribution in [2.75, 3.05) is 7.11 Å². The van der Waals surface area contributed by atoms with Crippen molar-refractivity contribution in [2.45, 2.75) is 83.3 Å². The molecule has 0 spiro atoms. The van der Waals surface area contributed by atoms with Crippen LogP contribution in [0.4, 0.5) is 0 Å². The number of allylic oxidation sites excluding steroid dienone is 5. The Hall–Kier alpha value is -2.70. The summed E-state index contributed by atoms with van der Waals surface area (Å²) in [7, 11) is 1.61. The summed E-state index contributed by atoms with van der Waals surface area (Å²) in [5, 5.41) is 29.0. The summed E-state index contributed by atoms with van der Waals surface area (Å²) in [6, 6.07) is 4.74. The number of hydrogen-bond acceptors (Lipinski definition) is 6. The smallest absolute Gasteiger partial charge is 0.182 e. The number of methoxy groups -OCH3 is 1. The van der Waals surface area contributed by atoms with Crippen molar-refractivity contribution in [1.82, 2.24) is 0 Å². The van der Waals surface area contributed by atoms with Gasteiger partial charge in [0.05, 0.1) is 12.2 Å². The predicted octanol–water partition coefficient (Wildman–Crippen LogP) is 5.35. The third-order valence-electron chi connectivity index (χ3n) is 6.31. The van der Waals surface area contributed by atoms with Crippen molar-refractivity contribution in [3.63, 3.8) is 0 Å². The van der Waals surface area contributed by atoms with Crippen molar-refractivity contribution >= 4 is 11.6 Å². The molecule has 1 aliphatic carbocycles. The molecule has 0 heterocycles. The fraction of sp³-hybridized carbons (Fsp3) is 0.517. The van der Waals surface area contributed by atoms with Gasteiger partial charge >= 0.3 is 0 Å². The minimum atomic E-state index is -0.602. The van der Waals surface area contributed by atoms with Gasteiger partial charge in [-0.3, -0.25) is 9.59 Å². The van der Waals surface area contributed by atoms with Crippen LogP contribution in [-0.4, -0.2) is 46.2 Å². The molecule has 0 saturated carbocycles. The van der Waals surface area contributed by atoms with Gasteiger partial charge in [0.25, 0.3) is 0 Å². The zero-order valence-corrected chi connectivity index (χ0v) is 21.0. The van der Waals surface area contributed by atoms with Gasteiger partial charge < -0.3 is 20.1 Å². The Morgan fingerprint density at radius 2 is 1.57 bits per heavy atom. The first-order valence-electron chi connectivity index (χ1n) is 12.7. The lowest BCUT2D eigenvalue weighted by molar-refractivity contribution is -0.115. The predicted molar refractivity (Wildman–Crippen MR) is 137 cm³/mol. The minimum absolute atomic E-state index is 0.105. The summed E-state index contributed by atoms with van der Waals surface area (Å²) in [6.07, 6.45) is 16.8. The van der Waals surface area contributed by atoms with Gasteiger partial charge in [0, 0.05) is 24.7 Å². The van der Waals surface area contributed by atoms with Crippen LogP contribution in [0.2, 0.25) is 0 Å². The summed E-state index contributed by atoms with van der Waals surface area (Å²) < 4.78 is 5.68. The molecule has 2 rings (SSSR count). The van der Waals surface area contributed by atoms with Crippen molar-refractivity contribution < 1.29 is 29.6 Å². The van der Waals surface area contributed by atoms with Gasteiger partial charge in [-0.25, -0.2) is 0 Å². The highest BCUT2D eigenvalue weighted by molar-refractivity contribution is 6.17. The second kappa shape index (κ2) is 15.3. The number of aromatic hydroxyl groups is 2. The van der Waals surface area contributed by atoms with Crippen LogP contribution in [0, 0.1) is 5.92 Å². The third kappa shape index (κ3) is 10.6. The van der Waals surface area contributed by atoms with E-state index in [0.29, 0.717) is 18.4 Å². The van der Waals surface area contributed by atoms with E-state index in [1.54, 1.807) is 26.2 Å². The van der Waals surface area contributed by atoms with Crippen LogP contribution in [0.5, 0.6) is 11.5 Å². The quantitative estimate of drug-likeness (QED) is 0.166. The van der Waals surface area contributed by atoms with E-state index >= 15 is 0 Å². The average molecular weight is 485 g/mol. The number of phenols is 2. The average Bonchev–Trinajstić information content (AvgIpc) is 2.79. The van der Waals surface area contributed by atoms with Gasteiger partial charge in [0.1, 0.15) is 11.5 Å². The van der Waals surface area contributed by atoms with Gasteiger partial charge in [0.15, 0.2) is 11.6 Å². The second-order valence-electron chi connectivity index (χ2n) is 9.38. The largest absolute Gasteiger partial charge is 0.508 e. The zero-order chi connectivity index (χ0) is 25.6. The second-order valence-corrected chi connectivity index (χ2v) is 9.38. The lowest BCUT2D eigenvalue weighted by Crippen LogP contribution is -2.31. The van der Waals surface area contributed by atoms with Gasteiger partial charge in [-0.2, -0.15) is 0 Å². The number of phenolic OH excluding ortho intramolecular Hbond substituents is 2. The summed E-state index contributed by atoms with van der Waals surface area (Å²) in [6.45, 7) is 1.68. The van der Waals surface area contributed by atoms with E-state index in [9.17, 15) is 24.9 Å². The van der Waals surface area contributed by atoms with Gasteiger partial charge in [-0.05, 0) is 87.8 Å². The number of rotatable bonds is 16. The molecule has 0 bridgehead atoms. The molecule has 35 heavy (non-hydrogen) atoms. The molecule has 1 aliphatic rings. The van der Waals surface area contributed by atoms with Gasteiger partial charge in [0.2, 0.25) is 0 Å². The molecule has 0 aliphatic heterocycles. The molecule has 3 atom stereocenters. The Labute approximate surface area is 209 Å². The Morgan fingerprint density at radius 3 is 2.26 bits per heavy atom. The number of carbonyl (C=O) groups is 2. The zero-order valence-electron chi connectivity index (χ0n) is 21.0. The monoisotopic (exact) mass is 484 g/mol. The fourth-order valence-corrected chi connectivity index (χ4v) is 4.56. The summed E-state index contributed by atoms with van der Waals surface area (Å²) in [5.41, 5.74) is 1.39. The van der Waals surface area contributed by atoms with Crippen LogP contribution in [-0.2, 0) is 20.7 Å². The summed E-state index contributed by atoms with van der Waals surface area (Å²) >= 11 is 0. The molecule has 6 nitrogen and oxygen atoms in total. The van der Waals surface area contributed by atoms with E-state index in [4.69, 9.17) is 4.74 Å². The highest BCUT2D eigenvalue weighted by atomic mass is 16.5. The van der Waals surface area contributed by atoms with Gasteiger partial charge in [-0.15, -0.1) is 0 Å². The number of aliphatic hydroxyl groups excluding tert-OH is 1. The molecule has 0 saturated heterocycles. The number of benzene rings is 1. The van der Waals surface area contributed by atoms with Crippen molar-refractivity contribution in [3.8, 4) is 11.5 Å². The Morgan fingerprint density at radius 1 is 0.914 bits per heavy atom. The highest BCUT2D eigenvalue weighted by Crippen LogP contribution is 2.29. The number of ether oxygens (including phenoxy) is 1. The molecule has 0 fully saturated rings. The van der Waals surface area contributed by atoms with Crippen molar-refractivity contribution in [2.24, 2.45) is 5.92 Å². The lowest BCUT2D eigenvalue weighted by Gasteiger charge is -2.29. The highest BCUT2D eigenvalue weighted by Gasteiger charge is 2.30. The maximum atomic E-state index is 12.3. The van der Waals surface area contributed by atoms with Crippen molar-refractivity contribution in [1.29, 1.82) is 0 Å². The molecule has 3 unspecified atom stereocenters. The molecule has 0 amide bonds. The molecule has 0 radical (unpaired) electrons. The molecular formula is C29H40O6. The maximum Gasteiger partial charge on any atom is 0.182 e. The molecule has 6 heteroatoms. The molecule has 1 aromatic carbocycles. The van der Waals surface area contributed by atoms with Crippen LogP contribution in [0.1, 0.15) is 70.3 Å². The molecule has 1 aromatic rings. The summed E-state index contributed by atoms with van der Waals surface area (Å²) in [5.74, 6) is -0.502. The first-order chi connectivity index (χ1) is 16.8. The van der Waals surface area contributed by atoms with Crippen LogP contribution in [0.3, 0.4) is 0 Å². The number of aliphatic hydroxyl groups is 1. The first-order valence-corrected chi connectivity index (χ1v) is 12.7. The van der Waals surface area contributed by atoms with E-state index in [-0.39, 0.29) is 35.1 Å². The Balaban J connectivity index is 1.66. The van der Waals surface area contributed by atoms with E-state index < -0.39 is 6.10 Å². The summed E-state index contributed by atoms with van der Waals surface area (Å²) in [4.78, 5) is 24.2. The first kappa shape index (κ1) is 28.5. The van der Waals surface area contributed by atoms with Crippen LogP contribution < -0.4 is 0 Å². The van der Waals surface area contributed by atoms with E-state index in [0.717, 1.165) is 56.9 Å². The molecule has 0 aromatic heterocycles. The third-order valence-corrected chi connectivity index (χ3v) is 6.31. The minimum Gasteiger partial charge on any atom is -0.508 e. The van der Waals surface area contributed by atoms with E-state index in [1.165, 1.54) is 24.3 Å². The number of ketones is 2. The van der Waals surface area contributed by atoms with E-state index in [1.807, 2.05) is 0 Å². The standard InChI is InChI=1S/C29H40O6/c1-21(30)16-27(26-20-23(31)14-15-28(26)34)29(35-2)13-11-9-7-5-3-4-6-8-10-12-22-17-24(32)19-25(33)18-22/h7,9,14-15,17-21,27,29-30,32-33H,3-6,8,10-13,16H2,1-2H3. The van der Waals surface area contributed by atoms with Crippen LogP contribution in [0.25, 0.3) is 0 Å². The lowest BCUT2D eigenvalue weighted by atomic mass is 9.82. The number of unbranched alkanes of at least 4 members (excludes halogenated alkanes) is 5. The Bertz CT molecular complexity index is 891. The van der Waals surface area contributed by atoms with Crippen LogP contribution >= 0.6 is 0 Å². The number of carbonyl (C=O) groups excluding carboxylic acids is 2. The fourth-order valence-electron chi connectivity index (χ4n) is 4.56. The van der Waals surface area contributed by atoms with Crippen LogP contribution in [0.15, 0.2) is 54.2 Å². The number of aryl methyl sites for hydroxylation is 1. The maximum absolute atomic E-state index is 12.3. The van der Waals surface area contributed by atoms with Crippen molar-refractivity contribution in [3.05, 3.63) is 59.7 Å². The van der Waals surface area contributed by atoms with Gasteiger partial charge in [-0.1, -0.05) is 31.4 Å². The topological polar surface area (TPSA) is 104 Å². The van der Waals surface area contributed by atoms with E-state index in [2.05, 4.69) is 12.2 Å². The molecule has 3 N–H and O–H groups in total. The Kier molecular flexibility index (Phi) is 12.5. The SMILES string of the molecule is COC(CCC=CCCCCCCCc1cc(O)cc(O)c1)C(CC(C)O)C1=CC(=O)C=CC1=O. The number of hydrogen-bond donors (Lipinski definition) is 3. The molecular weight excluding hydrogens is 444 g/mol. The molecule has 192 valence electrons. The normalized spacial score (nSPS) is 16.5.